The summed E-state index contributed by atoms with van der Waals surface area (Å²) in [5, 5.41) is 11.8. The number of para-hydroxylation sites is 1. The molecule has 1 atom stereocenters. The summed E-state index contributed by atoms with van der Waals surface area (Å²) < 4.78 is 5.43. The van der Waals surface area contributed by atoms with Crippen molar-refractivity contribution in [1.29, 1.82) is 0 Å². The summed E-state index contributed by atoms with van der Waals surface area (Å²) in [6, 6.07) is 15.9. The predicted molar refractivity (Wildman–Crippen MR) is 80.7 cm³/mol. The van der Waals surface area contributed by atoms with E-state index in [1.807, 2.05) is 48.5 Å². The van der Waals surface area contributed by atoms with Crippen molar-refractivity contribution < 1.29 is 9.84 Å². The first-order valence-electron chi connectivity index (χ1n) is 7.04. The van der Waals surface area contributed by atoms with Crippen molar-refractivity contribution in [2.45, 2.75) is 19.3 Å². The molecule has 0 aliphatic carbocycles. The Morgan fingerprint density at radius 1 is 1.00 bits per heavy atom. The molecular formula is C18H15NO2. The van der Waals surface area contributed by atoms with E-state index in [1.165, 1.54) is 11.1 Å². The van der Waals surface area contributed by atoms with E-state index in [1.54, 1.807) is 6.20 Å². The lowest BCUT2D eigenvalue weighted by molar-refractivity contribution is 0.134. The molecule has 3 heteroatoms. The summed E-state index contributed by atoms with van der Waals surface area (Å²) in [6.07, 6.45) is 1.09. The molecule has 0 fully saturated rings. The minimum atomic E-state index is -0.672. The van der Waals surface area contributed by atoms with Gasteiger partial charge in [0.15, 0.2) is 0 Å². The van der Waals surface area contributed by atoms with Gasteiger partial charge in [-0.25, -0.2) is 0 Å². The van der Waals surface area contributed by atoms with Gasteiger partial charge >= 0.3 is 0 Å². The van der Waals surface area contributed by atoms with Crippen LogP contribution in [0.4, 0.5) is 0 Å². The predicted octanol–water partition coefficient (Wildman–Crippen LogP) is 3.35. The number of hydrogen-bond donors (Lipinski definition) is 1. The van der Waals surface area contributed by atoms with Gasteiger partial charge in [-0.05, 0) is 22.8 Å². The second-order valence-corrected chi connectivity index (χ2v) is 5.35. The highest BCUT2D eigenvalue weighted by Crippen LogP contribution is 2.30. The zero-order valence-corrected chi connectivity index (χ0v) is 11.5. The molecule has 0 saturated carbocycles. The van der Waals surface area contributed by atoms with Crippen LogP contribution >= 0.6 is 0 Å². The Bertz CT molecular complexity index is 808. The van der Waals surface area contributed by atoms with Gasteiger partial charge in [0, 0.05) is 17.1 Å². The summed E-state index contributed by atoms with van der Waals surface area (Å²) >= 11 is 0. The monoisotopic (exact) mass is 277 g/mol. The van der Waals surface area contributed by atoms with E-state index in [9.17, 15) is 5.11 Å². The van der Waals surface area contributed by atoms with Crippen molar-refractivity contribution in [3.8, 4) is 0 Å². The normalized spacial score (nSPS) is 15.1. The number of nitrogens with zero attached hydrogens (tertiary/aromatic N) is 1. The zero-order valence-electron chi connectivity index (χ0n) is 11.5. The van der Waals surface area contributed by atoms with E-state index < -0.39 is 6.10 Å². The number of aromatic nitrogens is 1. The van der Waals surface area contributed by atoms with Crippen LogP contribution in [-0.2, 0) is 18.0 Å². The Morgan fingerprint density at radius 3 is 2.81 bits per heavy atom. The topological polar surface area (TPSA) is 42.4 Å². The van der Waals surface area contributed by atoms with Gasteiger partial charge < -0.3 is 9.84 Å². The molecule has 0 amide bonds. The number of pyridine rings is 1. The fraction of sp³-hybridized carbons (Fsp3) is 0.167. The number of hydrogen-bond acceptors (Lipinski definition) is 3. The third kappa shape index (κ3) is 2.11. The van der Waals surface area contributed by atoms with Crippen molar-refractivity contribution in [3.05, 3.63) is 77.0 Å². The average Bonchev–Trinajstić information content (AvgIpc) is 3.01. The first kappa shape index (κ1) is 12.5. The summed E-state index contributed by atoms with van der Waals surface area (Å²) in [4.78, 5) is 4.42. The smallest absolute Gasteiger partial charge is 0.106 e. The van der Waals surface area contributed by atoms with Gasteiger partial charge in [-0.1, -0.05) is 42.5 Å². The van der Waals surface area contributed by atoms with Crippen LogP contribution in [-0.4, -0.2) is 10.1 Å². The third-order valence-electron chi connectivity index (χ3n) is 4.02. The van der Waals surface area contributed by atoms with Crippen molar-refractivity contribution in [2.75, 3.05) is 0 Å². The van der Waals surface area contributed by atoms with E-state index in [4.69, 9.17) is 4.74 Å². The first-order chi connectivity index (χ1) is 10.3. The molecule has 4 rings (SSSR count). The van der Waals surface area contributed by atoms with Crippen LogP contribution < -0.4 is 0 Å². The molecule has 2 aromatic carbocycles. The highest BCUT2D eigenvalue weighted by atomic mass is 16.5. The standard InChI is InChI=1S/C18H15NO2/c20-18(13-6-7-14-10-21-11-15(14)9-13)16-5-1-3-12-4-2-8-19-17(12)16/h1-9,18,20H,10-11H2. The van der Waals surface area contributed by atoms with E-state index in [2.05, 4.69) is 4.98 Å². The molecule has 1 aliphatic rings. The Hall–Kier alpha value is -2.23. The minimum absolute atomic E-state index is 0.629. The van der Waals surface area contributed by atoms with Crippen molar-refractivity contribution in [2.24, 2.45) is 0 Å². The van der Waals surface area contributed by atoms with Crippen LogP contribution in [0.1, 0.15) is 28.4 Å². The summed E-state index contributed by atoms with van der Waals surface area (Å²) in [7, 11) is 0. The van der Waals surface area contributed by atoms with Crippen molar-refractivity contribution in [3.63, 3.8) is 0 Å². The lowest BCUT2D eigenvalue weighted by atomic mass is 9.96. The summed E-state index contributed by atoms with van der Waals surface area (Å²) in [5.74, 6) is 0. The van der Waals surface area contributed by atoms with Gasteiger partial charge in [0.05, 0.1) is 18.7 Å². The highest BCUT2D eigenvalue weighted by molar-refractivity contribution is 5.82. The van der Waals surface area contributed by atoms with Gasteiger partial charge in [-0.3, -0.25) is 4.98 Å². The van der Waals surface area contributed by atoms with Gasteiger partial charge in [0.2, 0.25) is 0 Å². The zero-order chi connectivity index (χ0) is 14.2. The first-order valence-corrected chi connectivity index (χ1v) is 7.04. The molecule has 3 aromatic rings. The fourth-order valence-corrected chi connectivity index (χ4v) is 2.89. The number of ether oxygens (including phenoxy) is 1. The molecular weight excluding hydrogens is 262 g/mol. The van der Waals surface area contributed by atoms with Crippen molar-refractivity contribution >= 4 is 10.9 Å². The van der Waals surface area contributed by atoms with E-state index in [0.29, 0.717) is 13.2 Å². The molecule has 1 N–H and O–H groups in total. The third-order valence-corrected chi connectivity index (χ3v) is 4.02. The molecule has 0 saturated heterocycles. The molecule has 1 unspecified atom stereocenters. The molecule has 1 aliphatic heterocycles. The van der Waals surface area contributed by atoms with E-state index >= 15 is 0 Å². The number of fused-ring (bicyclic) bond motifs is 2. The number of aliphatic hydroxyl groups excluding tert-OH is 1. The Morgan fingerprint density at radius 2 is 1.86 bits per heavy atom. The molecule has 104 valence electrons. The Labute approximate surface area is 122 Å². The van der Waals surface area contributed by atoms with Crippen LogP contribution in [0, 0.1) is 0 Å². The van der Waals surface area contributed by atoms with E-state index in [-0.39, 0.29) is 0 Å². The molecule has 1 aromatic heterocycles. The maximum Gasteiger partial charge on any atom is 0.106 e. The largest absolute Gasteiger partial charge is 0.384 e. The summed E-state index contributed by atoms with van der Waals surface area (Å²) in [5.41, 5.74) is 4.95. The number of rotatable bonds is 2. The van der Waals surface area contributed by atoms with Gasteiger partial charge in [-0.15, -0.1) is 0 Å². The molecule has 2 heterocycles. The maximum absolute atomic E-state index is 10.7. The Kier molecular flexibility index (Phi) is 2.95. The van der Waals surface area contributed by atoms with Crippen LogP contribution in [0.3, 0.4) is 0 Å². The summed E-state index contributed by atoms with van der Waals surface area (Å²) in [6.45, 7) is 1.30. The van der Waals surface area contributed by atoms with Gasteiger partial charge in [0.25, 0.3) is 0 Å². The second-order valence-electron chi connectivity index (χ2n) is 5.35. The Balaban J connectivity index is 1.81. The van der Waals surface area contributed by atoms with Crippen molar-refractivity contribution in [1.82, 2.24) is 4.98 Å². The number of aliphatic hydroxyl groups is 1. The lowest BCUT2D eigenvalue weighted by Crippen LogP contribution is -2.02. The van der Waals surface area contributed by atoms with Gasteiger partial charge in [-0.2, -0.15) is 0 Å². The van der Waals surface area contributed by atoms with Crippen LogP contribution in [0.5, 0.6) is 0 Å². The molecule has 0 radical (unpaired) electrons. The second kappa shape index (κ2) is 4.95. The van der Waals surface area contributed by atoms with Crippen LogP contribution in [0.2, 0.25) is 0 Å². The van der Waals surface area contributed by atoms with E-state index in [0.717, 1.165) is 22.0 Å². The maximum atomic E-state index is 10.7. The number of benzene rings is 2. The average molecular weight is 277 g/mol. The SMILES string of the molecule is OC(c1ccc2c(c1)COC2)c1cccc2cccnc12. The quantitative estimate of drug-likeness (QED) is 0.781. The highest BCUT2D eigenvalue weighted by Gasteiger charge is 2.18. The minimum Gasteiger partial charge on any atom is -0.384 e. The molecule has 0 spiro atoms. The lowest BCUT2D eigenvalue weighted by Gasteiger charge is -2.14. The van der Waals surface area contributed by atoms with Crippen LogP contribution in [0.15, 0.2) is 54.7 Å². The molecule has 0 bridgehead atoms. The fourth-order valence-electron chi connectivity index (χ4n) is 2.89. The van der Waals surface area contributed by atoms with Gasteiger partial charge in [0.1, 0.15) is 6.10 Å². The molecule has 21 heavy (non-hydrogen) atoms. The molecule has 3 nitrogen and oxygen atoms in total. The van der Waals surface area contributed by atoms with Crippen LogP contribution in [0.25, 0.3) is 10.9 Å².